The average molecular weight is 449 g/mol. The van der Waals surface area contributed by atoms with E-state index in [-0.39, 0.29) is 11.3 Å². The van der Waals surface area contributed by atoms with Crippen molar-refractivity contribution in [2.24, 2.45) is 0 Å². The van der Waals surface area contributed by atoms with Gasteiger partial charge in [-0.15, -0.1) is 0 Å². The Morgan fingerprint density at radius 2 is 1.64 bits per heavy atom. The molecule has 1 unspecified atom stereocenters. The number of aliphatic hydroxyl groups excluding tert-OH is 1. The smallest absolute Gasteiger partial charge is 0.300 e. The second kappa shape index (κ2) is 8.74. The molecule has 1 N–H and O–H groups in total. The number of hydrogen-bond acceptors (Lipinski definition) is 7. The highest BCUT2D eigenvalue weighted by Crippen LogP contribution is 2.45. The van der Waals surface area contributed by atoms with Gasteiger partial charge >= 0.3 is 0 Å². The molecule has 1 saturated heterocycles. The lowest BCUT2D eigenvalue weighted by atomic mass is 9.97. The number of ketones is 1. The summed E-state index contributed by atoms with van der Waals surface area (Å²) in [6, 6.07) is 12.4. The number of hydrogen-bond donors (Lipinski definition) is 1. The van der Waals surface area contributed by atoms with Crippen molar-refractivity contribution < 1.29 is 33.3 Å². The van der Waals surface area contributed by atoms with E-state index in [1.54, 1.807) is 42.5 Å². The van der Waals surface area contributed by atoms with E-state index in [0.29, 0.717) is 34.3 Å². The van der Waals surface area contributed by atoms with Gasteiger partial charge in [0.1, 0.15) is 23.3 Å². The van der Waals surface area contributed by atoms with Crippen LogP contribution in [0.1, 0.15) is 22.9 Å². The summed E-state index contributed by atoms with van der Waals surface area (Å²) >= 11 is 0. The van der Waals surface area contributed by atoms with Crippen LogP contribution < -0.4 is 19.1 Å². The summed E-state index contributed by atoms with van der Waals surface area (Å²) in [4.78, 5) is 27.7. The van der Waals surface area contributed by atoms with Crippen LogP contribution in [-0.2, 0) is 9.59 Å². The van der Waals surface area contributed by atoms with E-state index >= 15 is 0 Å². The summed E-state index contributed by atoms with van der Waals surface area (Å²) < 4.78 is 21.6. The number of Topliss-reactive ketones (excluding diaryl/α,β-unsaturated/α-hetero) is 1. The first-order valence-electron chi connectivity index (χ1n) is 10.1. The van der Waals surface area contributed by atoms with E-state index in [1.807, 2.05) is 13.0 Å². The van der Waals surface area contributed by atoms with Crippen LogP contribution in [0.25, 0.3) is 5.76 Å². The SMILES string of the molecule is COc1ccc(N2C(=O)C(=O)/C(=C(\O)c3cc(C)ccc3OC)C2c2ccco2)cc1OC. The number of methoxy groups -OCH3 is 3. The van der Waals surface area contributed by atoms with Crippen molar-refractivity contribution >= 4 is 23.1 Å². The number of nitrogens with zero attached hydrogens (tertiary/aromatic N) is 1. The van der Waals surface area contributed by atoms with Gasteiger partial charge in [-0.1, -0.05) is 11.6 Å². The van der Waals surface area contributed by atoms with Crippen molar-refractivity contribution in [1.82, 2.24) is 0 Å². The van der Waals surface area contributed by atoms with E-state index in [1.165, 1.54) is 32.5 Å². The first-order valence-corrected chi connectivity index (χ1v) is 10.1. The lowest BCUT2D eigenvalue weighted by Crippen LogP contribution is -2.29. The summed E-state index contributed by atoms with van der Waals surface area (Å²) in [7, 11) is 4.44. The molecule has 1 aliphatic rings. The molecule has 1 atom stereocenters. The van der Waals surface area contributed by atoms with Gasteiger partial charge in [-0.2, -0.15) is 0 Å². The Kier molecular flexibility index (Phi) is 5.83. The van der Waals surface area contributed by atoms with Crippen molar-refractivity contribution in [1.29, 1.82) is 0 Å². The standard InChI is InChI=1S/C25H23NO7/c1-14-7-9-17(30-2)16(12-14)23(27)21-22(19-6-5-11-33-19)26(25(29)24(21)28)15-8-10-18(31-3)20(13-15)32-4/h5-13,22,27H,1-4H3/b23-21-. The molecule has 8 heteroatoms. The molecule has 1 aromatic heterocycles. The minimum Gasteiger partial charge on any atom is -0.507 e. The van der Waals surface area contributed by atoms with Crippen molar-refractivity contribution in [3.8, 4) is 17.2 Å². The predicted octanol–water partition coefficient (Wildman–Crippen LogP) is 4.24. The largest absolute Gasteiger partial charge is 0.507 e. The minimum absolute atomic E-state index is 0.103. The number of amides is 1. The minimum atomic E-state index is -0.997. The van der Waals surface area contributed by atoms with E-state index in [0.717, 1.165) is 5.56 Å². The van der Waals surface area contributed by atoms with Crippen molar-refractivity contribution in [2.75, 3.05) is 26.2 Å². The quantitative estimate of drug-likeness (QED) is 0.341. The summed E-state index contributed by atoms with van der Waals surface area (Å²) in [6.07, 6.45) is 1.44. The Bertz CT molecular complexity index is 1240. The second-order valence-corrected chi connectivity index (χ2v) is 7.43. The van der Waals surface area contributed by atoms with Crippen molar-refractivity contribution in [3.05, 3.63) is 77.3 Å². The molecule has 0 aliphatic carbocycles. The van der Waals surface area contributed by atoms with Crippen LogP contribution in [-0.4, -0.2) is 38.1 Å². The molecule has 0 bridgehead atoms. The number of aliphatic hydroxyl groups is 1. The fourth-order valence-corrected chi connectivity index (χ4v) is 3.94. The van der Waals surface area contributed by atoms with Gasteiger partial charge in [0, 0.05) is 11.8 Å². The molecule has 0 saturated carbocycles. The van der Waals surface area contributed by atoms with Gasteiger partial charge in [-0.3, -0.25) is 14.5 Å². The van der Waals surface area contributed by atoms with Gasteiger partial charge < -0.3 is 23.7 Å². The number of carbonyl (C=O) groups excluding carboxylic acids is 2. The fourth-order valence-electron chi connectivity index (χ4n) is 3.94. The molecular formula is C25H23NO7. The van der Waals surface area contributed by atoms with Gasteiger partial charge in [0.15, 0.2) is 11.5 Å². The van der Waals surface area contributed by atoms with Crippen LogP contribution in [0.15, 0.2) is 64.8 Å². The van der Waals surface area contributed by atoms with E-state index in [2.05, 4.69) is 0 Å². The Labute approximate surface area is 190 Å². The summed E-state index contributed by atoms with van der Waals surface area (Å²) in [5, 5.41) is 11.3. The van der Waals surface area contributed by atoms with Crippen LogP contribution >= 0.6 is 0 Å². The molecule has 4 rings (SSSR count). The summed E-state index contributed by atoms with van der Waals surface area (Å²) in [5.41, 5.74) is 1.43. The second-order valence-electron chi connectivity index (χ2n) is 7.43. The van der Waals surface area contributed by atoms with Gasteiger partial charge in [-0.05, 0) is 43.3 Å². The molecule has 1 aliphatic heterocycles. The number of rotatable bonds is 6. The van der Waals surface area contributed by atoms with Crippen LogP contribution in [0, 0.1) is 6.92 Å². The van der Waals surface area contributed by atoms with Crippen molar-refractivity contribution in [2.45, 2.75) is 13.0 Å². The number of aryl methyl sites for hydroxylation is 1. The topological polar surface area (TPSA) is 98.4 Å². The summed E-state index contributed by atoms with van der Waals surface area (Å²) in [6.45, 7) is 1.85. The van der Waals surface area contributed by atoms with Gasteiger partial charge in [0.2, 0.25) is 0 Å². The van der Waals surface area contributed by atoms with Crippen LogP contribution in [0.4, 0.5) is 5.69 Å². The third-order valence-electron chi connectivity index (χ3n) is 5.51. The molecular weight excluding hydrogens is 426 g/mol. The molecule has 33 heavy (non-hydrogen) atoms. The molecule has 1 amide bonds. The Morgan fingerprint density at radius 3 is 2.27 bits per heavy atom. The maximum Gasteiger partial charge on any atom is 0.300 e. The summed E-state index contributed by atoms with van der Waals surface area (Å²) in [5.74, 6) is -0.458. The Morgan fingerprint density at radius 1 is 0.939 bits per heavy atom. The van der Waals surface area contributed by atoms with E-state index in [4.69, 9.17) is 18.6 Å². The van der Waals surface area contributed by atoms with Crippen LogP contribution in [0.3, 0.4) is 0 Å². The third kappa shape index (κ3) is 3.69. The average Bonchev–Trinajstić information content (AvgIpc) is 3.45. The van der Waals surface area contributed by atoms with Gasteiger partial charge in [0.25, 0.3) is 11.7 Å². The van der Waals surface area contributed by atoms with Gasteiger partial charge in [0.05, 0.1) is 38.7 Å². The molecule has 2 heterocycles. The van der Waals surface area contributed by atoms with Gasteiger partial charge in [-0.25, -0.2) is 0 Å². The number of furan rings is 1. The monoisotopic (exact) mass is 449 g/mol. The number of carbonyl (C=O) groups is 2. The highest BCUT2D eigenvalue weighted by molar-refractivity contribution is 6.51. The normalized spacial score (nSPS) is 17.3. The highest BCUT2D eigenvalue weighted by atomic mass is 16.5. The molecule has 1 fully saturated rings. The lowest BCUT2D eigenvalue weighted by Gasteiger charge is -2.24. The molecule has 170 valence electrons. The van der Waals surface area contributed by atoms with Crippen LogP contribution in [0.2, 0.25) is 0 Å². The number of ether oxygens (including phenoxy) is 3. The highest BCUT2D eigenvalue weighted by Gasteiger charge is 2.48. The zero-order valence-electron chi connectivity index (χ0n) is 18.6. The first kappa shape index (κ1) is 22.0. The molecule has 2 aromatic carbocycles. The molecule has 3 aromatic rings. The Balaban J connectivity index is 1.95. The van der Waals surface area contributed by atoms with E-state index in [9.17, 15) is 14.7 Å². The predicted molar refractivity (Wildman–Crippen MR) is 121 cm³/mol. The zero-order valence-corrected chi connectivity index (χ0v) is 18.6. The van der Waals surface area contributed by atoms with Crippen LogP contribution in [0.5, 0.6) is 17.2 Å². The number of anilines is 1. The third-order valence-corrected chi connectivity index (χ3v) is 5.51. The lowest BCUT2D eigenvalue weighted by molar-refractivity contribution is -0.132. The maximum atomic E-state index is 13.2. The first-order chi connectivity index (χ1) is 15.9. The number of benzene rings is 2. The maximum absolute atomic E-state index is 13.2. The van der Waals surface area contributed by atoms with E-state index < -0.39 is 17.7 Å². The molecule has 0 radical (unpaired) electrons. The molecule has 0 spiro atoms. The zero-order chi connectivity index (χ0) is 23.7. The molecule has 8 nitrogen and oxygen atoms in total. The Hall–Kier alpha value is -4.20. The van der Waals surface area contributed by atoms with Crippen molar-refractivity contribution in [3.63, 3.8) is 0 Å². The fraction of sp³-hybridized carbons (Fsp3) is 0.200.